The summed E-state index contributed by atoms with van der Waals surface area (Å²) in [6.45, 7) is 1.83. The molecule has 1 atom stereocenters. The van der Waals surface area contributed by atoms with Crippen LogP contribution in [0.5, 0.6) is 0 Å². The van der Waals surface area contributed by atoms with Crippen LogP contribution in [0.15, 0.2) is 0 Å². The number of aliphatic hydroxyl groups is 1. The minimum Gasteiger partial charge on any atom is -0.394 e. The van der Waals surface area contributed by atoms with Gasteiger partial charge < -0.3 is 5.11 Å². The molecule has 2 nitrogen and oxygen atoms in total. The molecule has 46 valence electrons. The topological polar surface area (TPSA) is 44.0 Å². The third kappa shape index (κ3) is 1.97. The molecule has 8 heavy (non-hydrogen) atoms. The molecule has 0 aromatic rings. The smallest absolute Gasteiger partial charge is 0.131 e. The molecule has 0 spiro atoms. The number of nitrogens with zero attached hydrogens (tertiary/aromatic N) is 1. The van der Waals surface area contributed by atoms with Crippen molar-refractivity contribution in [1.29, 1.82) is 5.26 Å². The molecule has 0 saturated heterocycles. The Labute approximate surface area is 62.6 Å². The maximum Gasteiger partial charge on any atom is 0.131 e. The van der Waals surface area contributed by atoms with Crippen LogP contribution in [0.1, 0.15) is 13.3 Å². The Balaban J connectivity index is 3.83. The molecule has 0 aliphatic heterocycles. The highest BCUT2D eigenvalue weighted by Crippen LogP contribution is 2.20. The van der Waals surface area contributed by atoms with E-state index in [-0.39, 0.29) is 6.61 Å². The second-order valence-corrected chi connectivity index (χ2v) is 3.65. The maximum atomic E-state index is 8.56. The summed E-state index contributed by atoms with van der Waals surface area (Å²) in [5.41, 5.74) is 0. The first-order valence-corrected chi connectivity index (χ1v) is 3.47. The second-order valence-electron chi connectivity index (χ2n) is 1.59. The van der Waals surface area contributed by atoms with Crippen LogP contribution in [0, 0.1) is 11.3 Å². The number of halogens is 1. The van der Waals surface area contributed by atoms with Crippen molar-refractivity contribution in [2.75, 3.05) is 6.61 Å². The van der Waals surface area contributed by atoms with Gasteiger partial charge in [0, 0.05) is 0 Å². The van der Waals surface area contributed by atoms with E-state index >= 15 is 0 Å². The van der Waals surface area contributed by atoms with E-state index in [1.807, 2.05) is 35.6 Å². The number of hydrogen-bond acceptors (Lipinski definition) is 2. The largest absolute Gasteiger partial charge is 0.394 e. The molecular formula is C5H8INO. The summed E-state index contributed by atoms with van der Waals surface area (Å²) in [6.07, 6.45) is 0.695. The van der Waals surface area contributed by atoms with Gasteiger partial charge in [-0.15, -0.1) is 0 Å². The van der Waals surface area contributed by atoms with E-state index in [2.05, 4.69) is 0 Å². The van der Waals surface area contributed by atoms with Gasteiger partial charge in [0.1, 0.15) is 3.42 Å². The fourth-order valence-corrected chi connectivity index (χ4v) is 0.226. The van der Waals surface area contributed by atoms with Crippen molar-refractivity contribution in [3.05, 3.63) is 0 Å². The lowest BCUT2D eigenvalue weighted by atomic mass is 10.1. The molecule has 3 heteroatoms. The number of alkyl halides is 1. The zero-order chi connectivity index (χ0) is 6.62. The van der Waals surface area contributed by atoms with E-state index < -0.39 is 3.42 Å². The van der Waals surface area contributed by atoms with Gasteiger partial charge in [-0.2, -0.15) is 5.26 Å². The average molecular weight is 225 g/mol. The normalized spacial score (nSPS) is 16.8. The summed E-state index contributed by atoms with van der Waals surface area (Å²) < 4.78 is -0.544. The van der Waals surface area contributed by atoms with Gasteiger partial charge in [0.25, 0.3) is 0 Å². The van der Waals surface area contributed by atoms with Crippen LogP contribution in [0.2, 0.25) is 0 Å². The second kappa shape index (κ2) is 3.25. The number of nitriles is 1. The van der Waals surface area contributed by atoms with Crippen LogP contribution in [-0.4, -0.2) is 15.1 Å². The molecule has 0 heterocycles. The van der Waals surface area contributed by atoms with Crippen molar-refractivity contribution in [3.63, 3.8) is 0 Å². The van der Waals surface area contributed by atoms with Crippen LogP contribution in [0.4, 0.5) is 0 Å². The lowest BCUT2D eigenvalue weighted by molar-refractivity contribution is 0.276. The van der Waals surface area contributed by atoms with Crippen molar-refractivity contribution in [1.82, 2.24) is 0 Å². The Kier molecular flexibility index (Phi) is 3.33. The minimum atomic E-state index is -0.544. The van der Waals surface area contributed by atoms with E-state index in [0.29, 0.717) is 6.42 Å². The van der Waals surface area contributed by atoms with Crippen molar-refractivity contribution in [2.45, 2.75) is 16.8 Å². The van der Waals surface area contributed by atoms with Gasteiger partial charge in [0.15, 0.2) is 0 Å². The van der Waals surface area contributed by atoms with Crippen molar-refractivity contribution in [3.8, 4) is 6.07 Å². The van der Waals surface area contributed by atoms with Crippen LogP contribution < -0.4 is 0 Å². The molecule has 0 bridgehead atoms. The summed E-state index contributed by atoms with van der Waals surface area (Å²) in [5.74, 6) is 0. The molecular weight excluding hydrogens is 217 g/mol. The number of hydrogen-bond donors (Lipinski definition) is 1. The minimum absolute atomic E-state index is 0.0550. The molecule has 0 rings (SSSR count). The Morgan fingerprint density at radius 1 is 1.88 bits per heavy atom. The SMILES string of the molecule is CCC(I)(C#N)CO. The third-order valence-corrected chi connectivity index (χ3v) is 2.36. The molecule has 0 fully saturated rings. The first kappa shape index (κ1) is 8.18. The lowest BCUT2D eigenvalue weighted by Gasteiger charge is -2.11. The van der Waals surface area contributed by atoms with Crippen LogP contribution in [-0.2, 0) is 0 Å². The van der Waals surface area contributed by atoms with Crippen molar-refractivity contribution >= 4 is 22.6 Å². The van der Waals surface area contributed by atoms with Gasteiger partial charge in [-0.25, -0.2) is 0 Å². The summed E-state index contributed by atoms with van der Waals surface area (Å²) >= 11 is 1.96. The summed E-state index contributed by atoms with van der Waals surface area (Å²) in [5, 5.41) is 16.9. The lowest BCUT2D eigenvalue weighted by Crippen LogP contribution is -2.21. The maximum absolute atomic E-state index is 8.56. The quantitative estimate of drug-likeness (QED) is 0.564. The van der Waals surface area contributed by atoms with Crippen molar-refractivity contribution < 1.29 is 5.11 Å². The van der Waals surface area contributed by atoms with Gasteiger partial charge in [-0.1, -0.05) is 29.5 Å². The van der Waals surface area contributed by atoms with Crippen LogP contribution >= 0.6 is 22.6 Å². The zero-order valence-corrected chi connectivity index (χ0v) is 6.84. The fourth-order valence-electron chi connectivity index (χ4n) is 0.226. The molecule has 1 unspecified atom stereocenters. The van der Waals surface area contributed by atoms with Gasteiger partial charge in [0.2, 0.25) is 0 Å². The predicted molar refractivity (Wildman–Crippen MR) is 39.7 cm³/mol. The number of aliphatic hydroxyl groups excluding tert-OH is 1. The highest BCUT2D eigenvalue weighted by atomic mass is 127. The van der Waals surface area contributed by atoms with E-state index in [0.717, 1.165) is 0 Å². The van der Waals surface area contributed by atoms with Gasteiger partial charge in [0.05, 0.1) is 12.7 Å². The molecule has 0 saturated carbocycles. The fraction of sp³-hybridized carbons (Fsp3) is 0.800. The average Bonchev–Trinajstić information content (AvgIpc) is 1.87. The third-order valence-electron chi connectivity index (χ3n) is 1.01. The molecule has 0 aromatic heterocycles. The van der Waals surface area contributed by atoms with E-state index in [4.69, 9.17) is 10.4 Å². The summed E-state index contributed by atoms with van der Waals surface area (Å²) in [6, 6.07) is 2.01. The molecule has 0 aliphatic carbocycles. The highest BCUT2D eigenvalue weighted by Gasteiger charge is 2.21. The van der Waals surface area contributed by atoms with Crippen molar-refractivity contribution in [2.24, 2.45) is 0 Å². The first-order valence-electron chi connectivity index (χ1n) is 2.39. The van der Waals surface area contributed by atoms with Gasteiger partial charge in [-0.05, 0) is 6.42 Å². The zero-order valence-electron chi connectivity index (χ0n) is 4.69. The van der Waals surface area contributed by atoms with E-state index in [1.54, 1.807) is 0 Å². The molecule has 1 N–H and O–H groups in total. The van der Waals surface area contributed by atoms with Gasteiger partial charge >= 0.3 is 0 Å². The Hall–Kier alpha value is 0.180. The standard InChI is InChI=1S/C5H8INO/c1-2-5(6,3-7)4-8/h8H,2,4H2,1H3. The van der Waals surface area contributed by atoms with Gasteiger partial charge in [-0.3, -0.25) is 0 Å². The number of rotatable bonds is 2. The predicted octanol–water partition coefficient (Wildman–Crippen LogP) is 1.09. The highest BCUT2D eigenvalue weighted by molar-refractivity contribution is 14.1. The molecule has 0 radical (unpaired) electrons. The summed E-state index contributed by atoms with van der Waals surface area (Å²) in [7, 11) is 0. The Morgan fingerprint density at radius 2 is 2.38 bits per heavy atom. The van der Waals surface area contributed by atoms with E-state index in [9.17, 15) is 0 Å². The monoisotopic (exact) mass is 225 g/mol. The molecule has 0 aliphatic rings. The Bertz CT molecular complexity index is 103. The first-order chi connectivity index (χ1) is 3.68. The molecule has 0 aromatic carbocycles. The summed E-state index contributed by atoms with van der Waals surface area (Å²) in [4.78, 5) is 0. The van der Waals surface area contributed by atoms with Crippen LogP contribution in [0.25, 0.3) is 0 Å². The van der Waals surface area contributed by atoms with Crippen LogP contribution in [0.3, 0.4) is 0 Å². The Morgan fingerprint density at radius 3 is 2.38 bits per heavy atom. The van der Waals surface area contributed by atoms with E-state index in [1.165, 1.54) is 0 Å². The molecule has 0 amide bonds.